The number of benzene rings is 2. The Kier molecular flexibility index (Phi) is 7.90. The first-order chi connectivity index (χ1) is 15.9. The molecule has 0 bridgehead atoms. The molecule has 7 heteroatoms. The number of hydrogen-bond acceptors (Lipinski definition) is 6. The van der Waals surface area contributed by atoms with Gasteiger partial charge >= 0.3 is 0 Å². The number of ether oxygens (including phenoxy) is 2. The van der Waals surface area contributed by atoms with Gasteiger partial charge in [-0.2, -0.15) is 0 Å². The van der Waals surface area contributed by atoms with E-state index in [1.54, 1.807) is 43.5 Å². The van der Waals surface area contributed by atoms with Crippen molar-refractivity contribution in [1.82, 2.24) is 9.80 Å². The second kappa shape index (κ2) is 10.8. The van der Waals surface area contributed by atoms with E-state index in [4.69, 9.17) is 9.47 Å². The Morgan fingerprint density at radius 2 is 1.85 bits per heavy atom. The summed E-state index contributed by atoms with van der Waals surface area (Å²) in [5.74, 6) is -0.412. The number of nitrogens with zero attached hydrogens (tertiary/aromatic N) is 2. The molecule has 2 aromatic carbocycles. The summed E-state index contributed by atoms with van der Waals surface area (Å²) >= 11 is 0. The van der Waals surface area contributed by atoms with Crippen molar-refractivity contribution in [3.05, 3.63) is 77.9 Å². The minimum absolute atomic E-state index is 0.0501. The maximum absolute atomic E-state index is 13.1. The molecule has 0 spiro atoms. The molecule has 0 radical (unpaired) electrons. The van der Waals surface area contributed by atoms with Crippen LogP contribution < -0.4 is 9.47 Å². The van der Waals surface area contributed by atoms with Crippen LogP contribution in [0.3, 0.4) is 0 Å². The average molecular weight is 451 g/mol. The molecule has 1 unspecified atom stereocenters. The van der Waals surface area contributed by atoms with Crippen LogP contribution in [-0.2, 0) is 9.59 Å². The highest BCUT2D eigenvalue weighted by Gasteiger charge is 2.46. The molecule has 1 heterocycles. The Balaban J connectivity index is 2.07. The molecule has 1 N–H and O–H groups in total. The maximum atomic E-state index is 13.1. The molecule has 33 heavy (non-hydrogen) atoms. The van der Waals surface area contributed by atoms with Crippen LogP contribution in [-0.4, -0.2) is 67.5 Å². The van der Waals surface area contributed by atoms with Crippen LogP contribution in [0.2, 0.25) is 0 Å². The van der Waals surface area contributed by atoms with E-state index in [-0.39, 0.29) is 11.3 Å². The molecule has 1 aliphatic heterocycles. The van der Waals surface area contributed by atoms with E-state index >= 15 is 0 Å². The summed E-state index contributed by atoms with van der Waals surface area (Å²) in [6.07, 6.45) is 2.32. The van der Waals surface area contributed by atoms with Crippen LogP contribution in [0.15, 0.2) is 66.8 Å². The molecule has 3 rings (SSSR count). The van der Waals surface area contributed by atoms with E-state index in [1.807, 2.05) is 37.2 Å². The Morgan fingerprint density at radius 3 is 2.48 bits per heavy atom. The smallest absolute Gasteiger partial charge is 0.295 e. The first-order valence-corrected chi connectivity index (χ1v) is 10.8. The number of Topliss-reactive ketones (excluding diaryl/α,β-unsaturated/α-hetero) is 1. The number of carbonyl (C=O) groups excluding carboxylic acids is 2. The third-order valence-electron chi connectivity index (χ3n) is 5.47. The van der Waals surface area contributed by atoms with Crippen LogP contribution in [0, 0.1) is 0 Å². The van der Waals surface area contributed by atoms with Crippen molar-refractivity contribution in [2.24, 2.45) is 0 Å². The third-order valence-corrected chi connectivity index (χ3v) is 5.47. The summed E-state index contributed by atoms with van der Waals surface area (Å²) in [6.45, 7) is 5.11. The number of hydrogen-bond donors (Lipinski definition) is 1. The van der Waals surface area contributed by atoms with E-state index in [0.29, 0.717) is 42.2 Å². The summed E-state index contributed by atoms with van der Waals surface area (Å²) in [5, 5.41) is 11.2. The maximum Gasteiger partial charge on any atom is 0.295 e. The van der Waals surface area contributed by atoms with Gasteiger partial charge in [0, 0.05) is 17.7 Å². The fourth-order valence-corrected chi connectivity index (χ4v) is 3.90. The lowest BCUT2D eigenvalue weighted by Crippen LogP contribution is -2.32. The number of likely N-dealkylation sites (tertiary alicyclic amines) is 1. The highest BCUT2D eigenvalue weighted by molar-refractivity contribution is 6.46. The molecule has 1 saturated heterocycles. The average Bonchev–Trinajstić information content (AvgIpc) is 3.07. The SMILES string of the molecule is C=CCOc1ccc(/C(O)=C2\C(=O)C(=O)N(CCCN(C)C)C2c2ccccc2OC)cc1. The standard InChI is InChI=1S/C26H30N2O5/c1-5-17-33-19-13-11-18(12-14-19)24(29)22-23(20-9-6-7-10-21(20)32-4)28(26(31)25(22)30)16-8-15-27(2)3/h5-7,9-14,23,29H,1,8,15-17H2,2-4H3/b24-22+. The number of methoxy groups -OCH3 is 1. The Bertz CT molecular complexity index is 1040. The first-order valence-electron chi connectivity index (χ1n) is 10.8. The molecule has 174 valence electrons. The fraction of sp³-hybridized carbons (Fsp3) is 0.308. The van der Waals surface area contributed by atoms with Gasteiger partial charge in [0.1, 0.15) is 23.9 Å². The molecular formula is C26H30N2O5. The zero-order valence-electron chi connectivity index (χ0n) is 19.3. The van der Waals surface area contributed by atoms with Crippen LogP contribution in [0.25, 0.3) is 5.76 Å². The van der Waals surface area contributed by atoms with Crippen molar-refractivity contribution in [2.75, 3.05) is 40.9 Å². The zero-order valence-corrected chi connectivity index (χ0v) is 19.3. The fourth-order valence-electron chi connectivity index (χ4n) is 3.90. The molecule has 7 nitrogen and oxygen atoms in total. The van der Waals surface area contributed by atoms with Gasteiger partial charge in [0.05, 0.1) is 18.7 Å². The van der Waals surface area contributed by atoms with Gasteiger partial charge < -0.3 is 24.4 Å². The van der Waals surface area contributed by atoms with E-state index < -0.39 is 17.7 Å². The van der Waals surface area contributed by atoms with Crippen molar-refractivity contribution >= 4 is 17.4 Å². The summed E-state index contributed by atoms with van der Waals surface area (Å²) in [6, 6.07) is 13.2. The van der Waals surface area contributed by atoms with Crippen LogP contribution in [0.5, 0.6) is 11.5 Å². The van der Waals surface area contributed by atoms with Gasteiger partial charge in [-0.1, -0.05) is 30.9 Å². The molecule has 1 aliphatic rings. The van der Waals surface area contributed by atoms with Gasteiger partial charge in [-0.15, -0.1) is 0 Å². The van der Waals surface area contributed by atoms with Crippen LogP contribution >= 0.6 is 0 Å². The molecule has 0 aliphatic carbocycles. The molecule has 0 saturated carbocycles. The van der Waals surface area contributed by atoms with Gasteiger partial charge in [-0.25, -0.2) is 0 Å². The quantitative estimate of drug-likeness (QED) is 0.258. The lowest BCUT2D eigenvalue weighted by molar-refractivity contribution is -0.140. The molecule has 2 aromatic rings. The van der Waals surface area contributed by atoms with Crippen molar-refractivity contribution < 1.29 is 24.2 Å². The molecule has 0 aromatic heterocycles. The number of rotatable bonds is 10. The Hall–Kier alpha value is -3.58. The number of aliphatic hydroxyl groups is 1. The summed E-state index contributed by atoms with van der Waals surface area (Å²) in [4.78, 5) is 29.7. The van der Waals surface area contributed by atoms with E-state index in [0.717, 1.165) is 6.54 Å². The van der Waals surface area contributed by atoms with Gasteiger partial charge in [0.25, 0.3) is 11.7 Å². The predicted octanol–water partition coefficient (Wildman–Crippen LogP) is 3.63. The van der Waals surface area contributed by atoms with Gasteiger partial charge in [-0.05, 0) is 57.4 Å². The van der Waals surface area contributed by atoms with E-state index in [2.05, 4.69) is 6.58 Å². The van der Waals surface area contributed by atoms with E-state index in [9.17, 15) is 14.7 Å². The molecule has 1 fully saturated rings. The second-order valence-corrected chi connectivity index (χ2v) is 8.02. The number of amides is 1. The summed E-state index contributed by atoms with van der Waals surface area (Å²) in [5.41, 5.74) is 1.12. The lowest BCUT2D eigenvalue weighted by Gasteiger charge is -2.27. The number of ketones is 1. The lowest BCUT2D eigenvalue weighted by atomic mass is 9.94. The van der Waals surface area contributed by atoms with Crippen molar-refractivity contribution in [1.29, 1.82) is 0 Å². The first kappa shape index (κ1) is 24.1. The van der Waals surface area contributed by atoms with Crippen molar-refractivity contribution in [3.8, 4) is 11.5 Å². The minimum atomic E-state index is -0.750. The largest absolute Gasteiger partial charge is 0.507 e. The topological polar surface area (TPSA) is 79.3 Å². The van der Waals surface area contributed by atoms with E-state index in [1.165, 1.54) is 4.90 Å². The number of aliphatic hydroxyl groups excluding tert-OH is 1. The normalized spacial score (nSPS) is 17.5. The second-order valence-electron chi connectivity index (χ2n) is 8.02. The monoisotopic (exact) mass is 450 g/mol. The molecule has 1 amide bonds. The number of carbonyl (C=O) groups is 2. The Morgan fingerprint density at radius 1 is 1.15 bits per heavy atom. The van der Waals surface area contributed by atoms with Crippen molar-refractivity contribution in [2.45, 2.75) is 12.5 Å². The summed E-state index contributed by atoms with van der Waals surface area (Å²) < 4.78 is 11.0. The number of para-hydroxylation sites is 1. The molecular weight excluding hydrogens is 420 g/mol. The highest BCUT2D eigenvalue weighted by atomic mass is 16.5. The van der Waals surface area contributed by atoms with Crippen molar-refractivity contribution in [3.63, 3.8) is 0 Å². The van der Waals surface area contributed by atoms with Gasteiger partial charge in [0.2, 0.25) is 0 Å². The summed E-state index contributed by atoms with van der Waals surface area (Å²) in [7, 11) is 5.45. The third kappa shape index (κ3) is 5.26. The Labute approximate surface area is 194 Å². The highest BCUT2D eigenvalue weighted by Crippen LogP contribution is 2.42. The van der Waals surface area contributed by atoms with Gasteiger partial charge in [0.15, 0.2) is 0 Å². The minimum Gasteiger partial charge on any atom is -0.507 e. The molecule has 1 atom stereocenters. The zero-order chi connectivity index (χ0) is 24.0. The van der Waals surface area contributed by atoms with Crippen LogP contribution in [0.4, 0.5) is 0 Å². The van der Waals surface area contributed by atoms with Crippen LogP contribution in [0.1, 0.15) is 23.6 Å². The van der Waals surface area contributed by atoms with Gasteiger partial charge in [-0.3, -0.25) is 9.59 Å². The predicted molar refractivity (Wildman–Crippen MR) is 127 cm³/mol.